The molecule has 0 bridgehead atoms. The maximum atomic E-state index is 15.0. The van der Waals surface area contributed by atoms with Gasteiger partial charge < -0.3 is 9.47 Å². The summed E-state index contributed by atoms with van der Waals surface area (Å²) in [5, 5.41) is 3.35. The quantitative estimate of drug-likeness (QED) is 0.229. The Balaban J connectivity index is 1.32. The van der Waals surface area contributed by atoms with Crippen LogP contribution in [0.5, 0.6) is 0 Å². The number of carbonyl (C=O) groups excluding carboxylic acids is 2. The second-order valence-electron chi connectivity index (χ2n) is 9.51. The van der Waals surface area contributed by atoms with Crippen LogP contribution in [-0.2, 0) is 19.7 Å². The number of hydrogen-bond donors (Lipinski definition) is 1. The van der Waals surface area contributed by atoms with Gasteiger partial charge in [-0.1, -0.05) is 66.2 Å². The molecule has 6 nitrogen and oxygen atoms in total. The molecule has 1 aliphatic rings. The van der Waals surface area contributed by atoms with Gasteiger partial charge in [-0.15, -0.1) is 0 Å². The number of halogens is 2. The van der Waals surface area contributed by atoms with Crippen molar-refractivity contribution in [3.8, 4) is 21.6 Å². The average Bonchev–Trinajstić information content (AvgIpc) is 3.66. The monoisotopic (exact) mass is 564 g/mol. The van der Waals surface area contributed by atoms with Crippen molar-refractivity contribution in [3.63, 3.8) is 0 Å². The fourth-order valence-electron chi connectivity index (χ4n) is 4.67. The van der Waals surface area contributed by atoms with Gasteiger partial charge in [-0.25, -0.2) is 9.18 Å². The predicted octanol–water partition coefficient (Wildman–Crippen LogP) is 8.09. The van der Waals surface area contributed by atoms with Crippen LogP contribution in [0.25, 0.3) is 21.6 Å². The smallest absolute Gasteiger partial charge is 0.412 e. The third-order valence-corrected chi connectivity index (χ3v) is 8.34. The molecule has 0 spiro atoms. The molecule has 1 atom stereocenters. The lowest BCUT2D eigenvalue weighted by atomic mass is 9.93. The third kappa shape index (κ3) is 5.27. The summed E-state index contributed by atoms with van der Waals surface area (Å²) in [4.78, 5) is 25.7. The van der Waals surface area contributed by atoms with Gasteiger partial charge in [0.05, 0.1) is 28.8 Å². The van der Waals surface area contributed by atoms with E-state index in [1.54, 1.807) is 19.1 Å². The number of aromatic nitrogens is 1. The minimum absolute atomic E-state index is 0.376. The van der Waals surface area contributed by atoms with Gasteiger partial charge in [0.1, 0.15) is 11.9 Å². The number of aryl methyl sites for hydroxylation is 1. The Morgan fingerprint density at radius 1 is 1.05 bits per heavy atom. The molecular weight excluding hydrogens is 539 g/mol. The van der Waals surface area contributed by atoms with Crippen molar-refractivity contribution in [2.45, 2.75) is 38.2 Å². The molecule has 1 aromatic heterocycles. The van der Waals surface area contributed by atoms with Gasteiger partial charge in [-0.3, -0.25) is 10.1 Å². The van der Waals surface area contributed by atoms with E-state index in [0.717, 1.165) is 16.0 Å². The highest BCUT2D eigenvalue weighted by Crippen LogP contribution is 2.50. The summed E-state index contributed by atoms with van der Waals surface area (Å²) in [6.45, 7) is 3.57. The van der Waals surface area contributed by atoms with Gasteiger partial charge in [-0.05, 0) is 67.0 Å². The van der Waals surface area contributed by atoms with Crippen molar-refractivity contribution >= 4 is 40.9 Å². The highest BCUT2D eigenvalue weighted by atomic mass is 35.5. The molecule has 200 valence electrons. The Hall–Kier alpha value is -3.75. The first-order chi connectivity index (χ1) is 18.7. The molecule has 5 rings (SSSR count). The molecule has 1 amide bonds. The first-order valence-corrected chi connectivity index (χ1v) is 13.6. The highest BCUT2D eigenvalue weighted by molar-refractivity contribution is 7.10. The molecule has 39 heavy (non-hydrogen) atoms. The van der Waals surface area contributed by atoms with Crippen molar-refractivity contribution < 1.29 is 23.5 Å². The number of anilines is 1. The number of benzene rings is 3. The molecule has 0 radical (unpaired) electrons. The molecular formula is C30H26ClFN2O4S. The Morgan fingerprint density at radius 2 is 1.72 bits per heavy atom. The first kappa shape index (κ1) is 26.8. The van der Waals surface area contributed by atoms with Crippen LogP contribution < -0.4 is 5.32 Å². The van der Waals surface area contributed by atoms with Crippen LogP contribution in [-0.4, -0.2) is 23.5 Å². The minimum Gasteiger partial charge on any atom is -0.468 e. The zero-order valence-corrected chi connectivity index (χ0v) is 23.2. The number of hydrogen-bond acceptors (Lipinski definition) is 6. The van der Waals surface area contributed by atoms with E-state index in [2.05, 4.69) is 9.69 Å². The van der Waals surface area contributed by atoms with Gasteiger partial charge in [0.15, 0.2) is 0 Å². The predicted molar refractivity (Wildman–Crippen MR) is 151 cm³/mol. The van der Waals surface area contributed by atoms with Crippen LogP contribution in [0.4, 0.5) is 14.9 Å². The van der Waals surface area contributed by atoms with E-state index in [0.29, 0.717) is 45.9 Å². The Morgan fingerprint density at radius 3 is 2.36 bits per heavy atom. The summed E-state index contributed by atoms with van der Waals surface area (Å²) >= 11 is 7.50. The van der Waals surface area contributed by atoms with Crippen molar-refractivity contribution in [3.05, 3.63) is 94.4 Å². The van der Waals surface area contributed by atoms with Crippen molar-refractivity contribution in [2.75, 3.05) is 12.4 Å². The molecule has 9 heteroatoms. The van der Waals surface area contributed by atoms with Crippen LogP contribution in [0.1, 0.15) is 42.7 Å². The molecule has 1 unspecified atom stereocenters. The summed E-state index contributed by atoms with van der Waals surface area (Å²) in [6, 6.07) is 19.7. The Labute approximate surface area is 234 Å². The van der Waals surface area contributed by atoms with Crippen molar-refractivity contribution in [1.82, 2.24) is 4.37 Å². The maximum Gasteiger partial charge on any atom is 0.412 e. The SMILES string of the molecule is COC(=O)C1(c2ccc(-c3ccc(-c4snc(C)c4NC(=O)OC(C)c4ccccc4Cl)cc3)cc2F)CC1. The first-order valence-electron chi connectivity index (χ1n) is 12.4. The topological polar surface area (TPSA) is 77.5 Å². The maximum absolute atomic E-state index is 15.0. The fourth-order valence-corrected chi connectivity index (χ4v) is 5.82. The summed E-state index contributed by atoms with van der Waals surface area (Å²) in [5.41, 5.74) is 3.82. The molecule has 1 saturated carbocycles. The molecule has 4 aromatic rings. The van der Waals surface area contributed by atoms with E-state index < -0.39 is 29.4 Å². The number of methoxy groups -OCH3 is 1. The zero-order valence-electron chi connectivity index (χ0n) is 21.6. The second kappa shape index (κ2) is 10.8. The lowest BCUT2D eigenvalue weighted by Crippen LogP contribution is -2.23. The van der Waals surface area contributed by atoms with Gasteiger partial charge >= 0.3 is 12.1 Å². The molecule has 3 aromatic carbocycles. The molecule has 1 heterocycles. The van der Waals surface area contributed by atoms with E-state index in [4.69, 9.17) is 21.1 Å². The number of carbonyl (C=O) groups is 2. The van der Waals surface area contributed by atoms with Crippen LogP contribution in [0.2, 0.25) is 5.02 Å². The number of amides is 1. The summed E-state index contributed by atoms with van der Waals surface area (Å²) in [6.07, 6.45) is 0.0192. The molecule has 0 aliphatic heterocycles. The molecule has 1 fully saturated rings. The fraction of sp³-hybridized carbons (Fsp3) is 0.233. The zero-order chi connectivity index (χ0) is 27.7. The summed E-state index contributed by atoms with van der Waals surface area (Å²) in [5.74, 6) is -0.821. The lowest BCUT2D eigenvalue weighted by molar-refractivity contribution is -0.143. The Bertz CT molecular complexity index is 1550. The van der Waals surface area contributed by atoms with Crippen LogP contribution in [0.3, 0.4) is 0 Å². The van der Waals surface area contributed by atoms with Gasteiger partial charge in [0, 0.05) is 16.1 Å². The van der Waals surface area contributed by atoms with Gasteiger partial charge in [0.25, 0.3) is 0 Å². The van der Waals surface area contributed by atoms with Crippen LogP contribution in [0, 0.1) is 12.7 Å². The molecule has 1 N–H and O–H groups in total. The third-order valence-electron chi connectivity index (χ3n) is 7.01. The Kier molecular flexibility index (Phi) is 7.42. The van der Waals surface area contributed by atoms with Crippen molar-refractivity contribution in [1.29, 1.82) is 0 Å². The van der Waals surface area contributed by atoms with E-state index in [1.165, 1.54) is 24.7 Å². The number of nitrogens with zero attached hydrogens (tertiary/aromatic N) is 1. The summed E-state index contributed by atoms with van der Waals surface area (Å²) in [7, 11) is 1.33. The standard InChI is InChI=1S/C30H26ClFN2O4S/c1-17-26(33-29(36)38-18(2)22-6-4-5-7-24(22)31)27(39-34-17)20-10-8-19(9-11-20)21-12-13-23(25(32)16-21)30(14-15-30)28(35)37-3/h4-13,16,18H,14-15H2,1-3H3,(H,33,36). The minimum atomic E-state index is -0.860. The van der Waals surface area contributed by atoms with Crippen molar-refractivity contribution in [2.24, 2.45) is 0 Å². The van der Waals surface area contributed by atoms with Gasteiger partial charge in [-0.2, -0.15) is 4.37 Å². The highest BCUT2D eigenvalue weighted by Gasteiger charge is 2.54. The largest absolute Gasteiger partial charge is 0.468 e. The van der Waals surface area contributed by atoms with E-state index in [1.807, 2.05) is 55.5 Å². The number of nitrogens with one attached hydrogen (secondary N) is 1. The van der Waals surface area contributed by atoms with Crippen LogP contribution in [0.15, 0.2) is 66.7 Å². The second-order valence-corrected chi connectivity index (χ2v) is 10.7. The van der Waals surface area contributed by atoms with E-state index in [9.17, 15) is 9.59 Å². The molecule has 0 saturated heterocycles. The number of ether oxygens (including phenoxy) is 2. The normalized spacial score (nSPS) is 14.4. The summed E-state index contributed by atoms with van der Waals surface area (Å²) < 4.78 is 29.9. The van der Waals surface area contributed by atoms with Gasteiger partial charge in [0.2, 0.25) is 0 Å². The van der Waals surface area contributed by atoms with Crippen LogP contribution >= 0.6 is 23.1 Å². The lowest BCUT2D eigenvalue weighted by Gasteiger charge is -2.16. The average molecular weight is 565 g/mol. The number of rotatable bonds is 7. The van der Waals surface area contributed by atoms with E-state index >= 15 is 4.39 Å². The number of esters is 1. The van der Waals surface area contributed by atoms with E-state index in [-0.39, 0.29) is 0 Å². The molecule has 1 aliphatic carbocycles.